The summed E-state index contributed by atoms with van der Waals surface area (Å²) < 4.78 is 9.83. The molecule has 0 aliphatic carbocycles. The molecule has 0 unspecified atom stereocenters. The third-order valence-electron chi connectivity index (χ3n) is 4.02. The topological polar surface area (TPSA) is 68.2 Å². The van der Waals surface area contributed by atoms with Gasteiger partial charge in [0.05, 0.1) is 18.4 Å². The number of likely N-dealkylation sites (tertiary alicyclic amines) is 1. The van der Waals surface area contributed by atoms with Gasteiger partial charge in [0.25, 0.3) is 5.91 Å². The van der Waals surface area contributed by atoms with Crippen molar-refractivity contribution in [1.82, 2.24) is 19.5 Å². The van der Waals surface area contributed by atoms with E-state index < -0.39 is 0 Å². The molecule has 0 aromatic carbocycles. The Morgan fingerprint density at radius 2 is 2.26 bits per heavy atom. The summed E-state index contributed by atoms with van der Waals surface area (Å²) in [6.07, 6.45) is 6.24. The van der Waals surface area contributed by atoms with Crippen molar-refractivity contribution in [1.29, 1.82) is 0 Å². The maximum absolute atomic E-state index is 12.5. The normalized spacial score (nSPS) is 15.8. The van der Waals surface area contributed by atoms with E-state index >= 15 is 0 Å². The van der Waals surface area contributed by atoms with Crippen LogP contribution in [0.3, 0.4) is 0 Å². The molecular weight excluding hydrogens is 312 g/mol. The summed E-state index contributed by atoms with van der Waals surface area (Å²) in [5.41, 5.74) is 1.88. The second kappa shape index (κ2) is 7.61. The first-order chi connectivity index (χ1) is 11.3. The zero-order valence-corrected chi connectivity index (χ0v) is 14.0. The van der Waals surface area contributed by atoms with Crippen molar-refractivity contribution in [3.63, 3.8) is 0 Å². The van der Waals surface area contributed by atoms with Crippen LogP contribution in [-0.2, 0) is 17.8 Å². The average Bonchev–Trinajstić information content (AvgIpc) is 3.09. The van der Waals surface area contributed by atoms with Gasteiger partial charge in [-0.05, 0) is 42.4 Å². The third kappa shape index (κ3) is 3.92. The van der Waals surface area contributed by atoms with Crippen LogP contribution in [0.15, 0.2) is 24.5 Å². The van der Waals surface area contributed by atoms with Gasteiger partial charge in [-0.2, -0.15) is 0 Å². The number of aromatic nitrogens is 3. The Bertz CT molecular complexity index is 639. The Kier molecular flexibility index (Phi) is 5.30. The summed E-state index contributed by atoms with van der Waals surface area (Å²) in [4.78, 5) is 19.2. The van der Waals surface area contributed by atoms with E-state index in [1.54, 1.807) is 6.20 Å². The smallest absolute Gasteiger partial charge is 0.267 e. The Labute approximate surface area is 139 Å². The predicted octanol–water partition coefficient (Wildman–Crippen LogP) is 2.32. The highest BCUT2D eigenvalue weighted by Gasteiger charge is 2.26. The first-order valence-electron chi connectivity index (χ1n) is 7.89. The Morgan fingerprint density at radius 3 is 2.96 bits per heavy atom. The van der Waals surface area contributed by atoms with Gasteiger partial charge in [0, 0.05) is 25.5 Å². The molecule has 3 rings (SSSR count). The van der Waals surface area contributed by atoms with Crippen molar-refractivity contribution in [2.75, 3.05) is 13.1 Å². The number of rotatable bonds is 5. The number of carbonyl (C=O) groups excluding carboxylic acids is 1. The van der Waals surface area contributed by atoms with Crippen LogP contribution in [0.25, 0.3) is 0 Å². The van der Waals surface area contributed by atoms with Crippen LogP contribution in [0.5, 0.6) is 0 Å². The molecule has 2 aromatic rings. The fourth-order valence-electron chi connectivity index (χ4n) is 2.67. The summed E-state index contributed by atoms with van der Waals surface area (Å²) in [5.74, 6) is 0.0579. The molecule has 0 atom stereocenters. The number of hydrogen-bond donors (Lipinski definition) is 0. The standard InChI is InChI=1S/C16H20N4O2S/c1-2-14-15(23-19-18-14)16(21)20-8-5-13(6-9-20)22-11-12-4-3-7-17-10-12/h3-4,7,10,13H,2,5-6,8-9,11H2,1H3. The molecule has 6 nitrogen and oxygen atoms in total. The first kappa shape index (κ1) is 16.0. The van der Waals surface area contributed by atoms with Crippen LogP contribution in [-0.4, -0.2) is 44.6 Å². The van der Waals surface area contributed by atoms with Gasteiger partial charge in [-0.1, -0.05) is 17.5 Å². The minimum Gasteiger partial charge on any atom is -0.373 e. The molecule has 1 saturated heterocycles. The number of hydrogen-bond acceptors (Lipinski definition) is 6. The van der Waals surface area contributed by atoms with Crippen molar-refractivity contribution in [2.24, 2.45) is 0 Å². The average molecular weight is 332 g/mol. The minimum atomic E-state index is 0.0579. The summed E-state index contributed by atoms with van der Waals surface area (Å²) in [6, 6.07) is 3.92. The largest absolute Gasteiger partial charge is 0.373 e. The van der Waals surface area contributed by atoms with Gasteiger partial charge < -0.3 is 9.64 Å². The van der Waals surface area contributed by atoms with Crippen LogP contribution in [0, 0.1) is 0 Å². The Hall–Kier alpha value is -1.86. The molecule has 0 bridgehead atoms. The van der Waals surface area contributed by atoms with Crippen LogP contribution in [0.4, 0.5) is 0 Å². The molecule has 3 heterocycles. The summed E-state index contributed by atoms with van der Waals surface area (Å²) in [7, 11) is 0. The second-order valence-corrected chi connectivity index (χ2v) is 6.32. The monoisotopic (exact) mass is 332 g/mol. The van der Waals surface area contributed by atoms with Gasteiger partial charge in [0.2, 0.25) is 0 Å². The van der Waals surface area contributed by atoms with E-state index in [-0.39, 0.29) is 12.0 Å². The van der Waals surface area contributed by atoms with Crippen LogP contribution >= 0.6 is 11.5 Å². The van der Waals surface area contributed by atoms with Crippen molar-refractivity contribution in [3.05, 3.63) is 40.7 Å². The maximum Gasteiger partial charge on any atom is 0.267 e. The van der Waals surface area contributed by atoms with Crippen molar-refractivity contribution in [2.45, 2.75) is 38.9 Å². The molecule has 7 heteroatoms. The summed E-state index contributed by atoms with van der Waals surface area (Å²) in [5, 5.41) is 4.02. The zero-order chi connectivity index (χ0) is 16.1. The number of piperidine rings is 1. The summed E-state index contributed by atoms with van der Waals surface area (Å²) in [6.45, 7) is 4.01. The SMILES string of the molecule is CCc1nnsc1C(=O)N1CCC(OCc2cccnc2)CC1. The van der Waals surface area contributed by atoms with E-state index in [2.05, 4.69) is 14.6 Å². The molecule has 0 saturated carbocycles. The highest BCUT2D eigenvalue weighted by atomic mass is 32.1. The molecule has 1 amide bonds. The van der Waals surface area contributed by atoms with Gasteiger partial charge in [-0.3, -0.25) is 9.78 Å². The molecular formula is C16H20N4O2S. The van der Waals surface area contributed by atoms with Crippen molar-refractivity contribution < 1.29 is 9.53 Å². The number of ether oxygens (including phenoxy) is 1. The molecule has 23 heavy (non-hydrogen) atoms. The van der Waals surface area contributed by atoms with E-state index in [1.807, 2.05) is 30.2 Å². The Morgan fingerprint density at radius 1 is 1.43 bits per heavy atom. The number of aryl methyl sites for hydroxylation is 1. The predicted molar refractivity (Wildman–Crippen MR) is 87.2 cm³/mol. The fraction of sp³-hybridized carbons (Fsp3) is 0.500. The molecule has 2 aromatic heterocycles. The van der Waals surface area contributed by atoms with Gasteiger partial charge in [0.15, 0.2) is 0 Å². The lowest BCUT2D eigenvalue weighted by Gasteiger charge is -2.31. The molecule has 0 radical (unpaired) electrons. The lowest BCUT2D eigenvalue weighted by Crippen LogP contribution is -2.40. The highest BCUT2D eigenvalue weighted by molar-refractivity contribution is 7.08. The third-order valence-corrected chi connectivity index (χ3v) is 4.78. The van der Waals surface area contributed by atoms with Gasteiger partial charge in [-0.15, -0.1) is 5.10 Å². The maximum atomic E-state index is 12.5. The molecule has 0 spiro atoms. The fourth-order valence-corrected chi connectivity index (χ4v) is 3.39. The molecule has 0 N–H and O–H groups in total. The van der Waals surface area contributed by atoms with Crippen molar-refractivity contribution in [3.8, 4) is 0 Å². The highest BCUT2D eigenvalue weighted by Crippen LogP contribution is 2.20. The van der Waals surface area contributed by atoms with E-state index in [9.17, 15) is 4.79 Å². The van der Waals surface area contributed by atoms with E-state index in [0.29, 0.717) is 11.5 Å². The number of nitrogens with zero attached hydrogens (tertiary/aromatic N) is 4. The van der Waals surface area contributed by atoms with Gasteiger partial charge >= 0.3 is 0 Å². The first-order valence-corrected chi connectivity index (χ1v) is 8.66. The molecule has 122 valence electrons. The van der Waals surface area contributed by atoms with Gasteiger partial charge in [0.1, 0.15) is 4.88 Å². The lowest BCUT2D eigenvalue weighted by molar-refractivity contribution is -0.000384. The Balaban J connectivity index is 1.49. The van der Waals surface area contributed by atoms with E-state index in [0.717, 1.165) is 43.6 Å². The number of carbonyl (C=O) groups is 1. The quantitative estimate of drug-likeness (QED) is 0.840. The van der Waals surface area contributed by atoms with Crippen molar-refractivity contribution >= 4 is 17.4 Å². The van der Waals surface area contributed by atoms with Crippen LogP contribution in [0.1, 0.15) is 40.7 Å². The molecule has 1 aliphatic heterocycles. The number of pyridine rings is 1. The second-order valence-electron chi connectivity index (χ2n) is 5.57. The lowest BCUT2D eigenvalue weighted by atomic mass is 10.1. The van der Waals surface area contributed by atoms with Crippen LogP contribution in [0.2, 0.25) is 0 Å². The molecule has 1 aliphatic rings. The summed E-state index contributed by atoms with van der Waals surface area (Å²) >= 11 is 1.19. The van der Waals surface area contributed by atoms with Crippen LogP contribution < -0.4 is 0 Å². The van der Waals surface area contributed by atoms with Gasteiger partial charge in [-0.25, -0.2) is 0 Å². The van der Waals surface area contributed by atoms with E-state index in [1.165, 1.54) is 11.5 Å². The zero-order valence-electron chi connectivity index (χ0n) is 13.1. The minimum absolute atomic E-state index is 0.0579. The van der Waals surface area contributed by atoms with E-state index in [4.69, 9.17) is 4.74 Å². The molecule has 1 fully saturated rings. The number of amides is 1.